The number of nitrogens with two attached hydrogens (primary N) is 1. The van der Waals surface area contributed by atoms with Gasteiger partial charge in [0, 0.05) is 31.0 Å². The third-order valence-electron chi connectivity index (χ3n) is 4.29. The van der Waals surface area contributed by atoms with Crippen LogP contribution in [0.2, 0.25) is 0 Å². The Morgan fingerprint density at radius 3 is 2.84 bits per heavy atom. The van der Waals surface area contributed by atoms with Crippen molar-refractivity contribution in [1.82, 2.24) is 14.8 Å². The van der Waals surface area contributed by atoms with E-state index >= 15 is 0 Å². The summed E-state index contributed by atoms with van der Waals surface area (Å²) < 4.78 is 0. The van der Waals surface area contributed by atoms with Gasteiger partial charge in [0.25, 0.3) is 0 Å². The fourth-order valence-corrected chi connectivity index (χ4v) is 2.84. The summed E-state index contributed by atoms with van der Waals surface area (Å²) in [7, 11) is 4.39. The summed E-state index contributed by atoms with van der Waals surface area (Å²) in [5.41, 5.74) is 10.3. The van der Waals surface area contributed by atoms with E-state index in [4.69, 9.17) is 5.73 Å². The van der Waals surface area contributed by atoms with Crippen LogP contribution < -0.4 is 5.73 Å². The van der Waals surface area contributed by atoms with Gasteiger partial charge in [-0.3, -0.25) is 9.88 Å². The van der Waals surface area contributed by atoms with E-state index < -0.39 is 0 Å². The summed E-state index contributed by atoms with van der Waals surface area (Å²) in [5, 5.41) is 0. The lowest BCUT2D eigenvalue weighted by Gasteiger charge is -2.26. The molecule has 19 heavy (non-hydrogen) atoms. The number of hydrogen-bond acceptors (Lipinski definition) is 4. The van der Waals surface area contributed by atoms with Crippen molar-refractivity contribution in [2.24, 2.45) is 0 Å². The van der Waals surface area contributed by atoms with E-state index in [2.05, 4.69) is 35.8 Å². The van der Waals surface area contributed by atoms with E-state index in [1.54, 1.807) is 0 Å². The smallest absolute Gasteiger partial charge is 0.0593 e. The lowest BCUT2D eigenvalue weighted by molar-refractivity contribution is 0.214. The van der Waals surface area contributed by atoms with Crippen LogP contribution in [0.4, 0.5) is 5.69 Å². The van der Waals surface area contributed by atoms with Crippen LogP contribution in [-0.2, 0) is 6.54 Å². The topological polar surface area (TPSA) is 45.4 Å². The number of nitrogens with zero attached hydrogens (tertiary/aromatic N) is 3. The molecule has 1 fully saturated rings. The molecule has 0 bridgehead atoms. The SMILES string of the molecule is Cc1cnc(CN(C)CC2CCCN2C)c(C)c1N. The molecular weight excluding hydrogens is 236 g/mol. The molecule has 106 valence electrons. The molecule has 4 nitrogen and oxygen atoms in total. The van der Waals surface area contributed by atoms with Gasteiger partial charge in [-0.25, -0.2) is 0 Å². The standard InChI is InChI=1S/C15H26N4/c1-11-8-17-14(12(2)15(11)16)10-18(3)9-13-6-5-7-19(13)4/h8,13H,5-7,9-10H2,1-4H3,(H2,16,17). The number of anilines is 1. The summed E-state index contributed by atoms with van der Waals surface area (Å²) in [6.45, 7) is 7.29. The van der Waals surface area contributed by atoms with Crippen LogP contribution in [0, 0.1) is 13.8 Å². The van der Waals surface area contributed by atoms with Crippen molar-refractivity contribution in [1.29, 1.82) is 0 Å². The first kappa shape index (κ1) is 14.3. The second-order valence-electron chi connectivity index (χ2n) is 5.90. The van der Waals surface area contributed by atoms with Gasteiger partial charge in [0.05, 0.1) is 5.69 Å². The normalized spacial score (nSPS) is 20.4. The zero-order valence-corrected chi connectivity index (χ0v) is 12.6. The van der Waals surface area contributed by atoms with Crippen molar-refractivity contribution in [2.75, 3.05) is 32.9 Å². The molecule has 2 N–H and O–H groups in total. The van der Waals surface area contributed by atoms with Gasteiger partial charge < -0.3 is 10.6 Å². The molecule has 1 atom stereocenters. The predicted molar refractivity (Wildman–Crippen MR) is 80.1 cm³/mol. The monoisotopic (exact) mass is 262 g/mol. The minimum atomic E-state index is 0.688. The van der Waals surface area contributed by atoms with Crippen molar-refractivity contribution in [3.63, 3.8) is 0 Å². The van der Waals surface area contributed by atoms with Gasteiger partial charge in [0.1, 0.15) is 0 Å². The first-order valence-electron chi connectivity index (χ1n) is 7.08. The second kappa shape index (κ2) is 5.88. The molecule has 0 radical (unpaired) electrons. The molecule has 4 heteroatoms. The summed E-state index contributed by atoms with van der Waals surface area (Å²) in [6, 6.07) is 0.688. The molecule has 0 aliphatic carbocycles. The number of aromatic nitrogens is 1. The van der Waals surface area contributed by atoms with Crippen LogP contribution in [0.1, 0.15) is 29.7 Å². The van der Waals surface area contributed by atoms with Crippen LogP contribution in [0.15, 0.2) is 6.20 Å². The number of rotatable bonds is 4. The largest absolute Gasteiger partial charge is 0.398 e. The minimum Gasteiger partial charge on any atom is -0.398 e. The first-order chi connectivity index (χ1) is 8.99. The summed E-state index contributed by atoms with van der Waals surface area (Å²) >= 11 is 0. The lowest BCUT2D eigenvalue weighted by Crippen LogP contribution is -2.36. The summed E-state index contributed by atoms with van der Waals surface area (Å²) in [6.07, 6.45) is 4.51. The zero-order valence-electron chi connectivity index (χ0n) is 12.6. The molecule has 0 saturated carbocycles. The third-order valence-corrected chi connectivity index (χ3v) is 4.29. The highest BCUT2D eigenvalue weighted by Gasteiger charge is 2.22. The molecule has 2 heterocycles. The van der Waals surface area contributed by atoms with Crippen LogP contribution in [0.3, 0.4) is 0 Å². The molecule has 2 rings (SSSR count). The maximum absolute atomic E-state index is 6.08. The number of nitrogen functional groups attached to an aromatic ring is 1. The molecule has 1 aromatic heterocycles. The van der Waals surface area contributed by atoms with Gasteiger partial charge in [0.15, 0.2) is 0 Å². The highest BCUT2D eigenvalue weighted by atomic mass is 15.2. The van der Waals surface area contributed by atoms with Gasteiger partial charge >= 0.3 is 0 Å². The first-order valence-corrected chi connectivity index (χ1v) is 7.08. The molecule has 1 aromatic rings. The Balaban J connectivity index is 1.99. The van der Waals surface area contributed by atoms with Gasteiger partial charge in [-0.2, -0.15) is 0 Å². The molecule has 0 spiro atoms. The van der Waals surface area contributed by atoms with E-state index in [9.17, 15) is 0 Å². The van der Waals surface area contributed by atoms with Crippen LogP contribution in [0.5, 0.6) is 0 Å². The quantitative estimate of drug-likeness (QED) is 0.899. The van der Waals surface area contributed by atoms with E-state index in [1.165, 1.54) is 19.4 Å². The Hall–Kier alpha value is -1.13. The predicted octanol–water partition coefficient (Wildman–Crippen LogP) is 1.81. The van der Waals surface area contributed by atoms with E-state index in [1.807, 2.05) is 13.1 Å². The van der Waals surface area contributed by atoms with Crippen molar-refractivity contribution in [2.45, 2.75) is 39.3 Å². The van der Waals surface area contributed by atoms with Crippen LogP contribution in [0.25, 0.3) is 0 Å². The molecular formula is C15H26N4. The Labute approximate surface area is 116 Å². The number of pyridine rings is 1. The van der Waals surface area contributed by atoms with Gasteiger partial charge in [-0.05, 0) is 58.5 Å². The molecule has 0 amide bonds. The maximum atomic E-state index is 6.08. The molecule has 0 aromatic carbocycles. The fraction of sp³-hybridized carbons (Fsp3) is 0.667. The van der Waals surface area contributed by atoms with Crippen molar-refractivity contribution in [3.05, 3.63) is 23.0 Å². The van der Waals surface area contributed by atoms with Crippen molar-refractivity contribution < 1.29 is 0 Å². The molecule has 1 aliphatic rings. The lowest BCUT2D eigenvalue weighted by atomic mass is 10.1. The average Bonchev–Trinajstić information content (AvgIpc) is 2.76. The summed E-state index contributed by atoms with van der Waals surface area (Å²) in [4.78, 5) is 9.35. The van der Waals surface area contributed by atoms with E-state index in [0.29, 0.717) is 6.04 Å². The van der Waals surface area contributed by atoms with Gasteiger partial charge in [-0.15, -0.1) is 0 Å². The third kappa shape index (κ3) is 3.25. The Kier molecular flexibility index (Phi) is 4.42. The maximum Gasteiger partial charge on any atom is 0.0593 e. The second-order valence-corrected chi connectivity index (χ2v) is 5.90. The van der Waals surface area contributed by atoms with Gasteiger partial charge in [-0.1, -0.05) is 0 Å². The van der Waals surface area contributed by atoms with Crippen LogP contribution in [-0.4, -0.2) is 48.0 Å². The molecule has 1 aliphatic heterocycles. The van der Waals surface area contributed by atoms with Crippen LogP contribution >= 0.6 is 0 Å². The van der Waals surface area contributed by atoms with Crippen molar-refractivity contribution >= 4 is 5.69 Å². The number of hydrogen-bond donors (Lipinski definition) is 1. The average molecular weight is 262 g/mol. The summed E-state index contributed by atoms with van der Waals surface area (Å²) in [5.74, 6) is 0. The number of aryl methyl sites for hydroxylation is 1. The zero-order chi connectivity index (χ0) is 14.0. The van der Waals surface area contributed by atoms with E-state index in [0.717, 1.165) is 35.6 Å². The fourth-order valence-electron chi connectivity index (χ4n) is 2.84. The highest BCUT2D eigenvalue weighted by Crippen LogP contribution is 2.20. The Bertz CT molecular complexity index is 444. The number of likely N-dealkylation sites (tertiary alicyclic amines) is 1. The minimum absolute atomic E-state index is 0.688. The van der Waals surface area contributed by atoms with Crippen molar-refractivity contribution in [3.8, 4) is 0 Å². The number of likely N-dealkylation sites (N-methyl/N-ethyl adjacent to an activating group) is 2. The van der Waals surface area contributed by atoms with Gasteiger partial charge in [0.2, 0.25) is 0 Å². The molecule has 1 saturated heterocycles. The highest BCUT2D eigenvalue weighted by molar-refractivity contribution is 5.53. The Morgan fingerprint density at radius 1 is 1.47 bits per heavy atom. The Morgan fingerprint density at radius 2 is 2.21 bits per heavy atom. The molecule has 1 unspecified atom stereocenters. The van der Waals surface area contributed by atoms with E-state index in [-0.39, 0.29) is 0 Å².